The molecule has 0 saturated carbocycles. The van der Waals surface area contributed by atoms with Crippen molar-refractivity contribution in [2.45, 2.75) is 19.4 Å². The van der Waals surface area contributed by atoms with Gasteiger partial charge in [-0.1, -0.05) is 22.9 Å². The van der Waals surface area contributed by atoms with Gasteiger partial charge in [0.15, 0.2) is 6.10 Å². The lowest BCUT2D eigenvalue weighted by Crippen LogP contribution is -2.18. The van der Waals surface area contributed by atoms with E-state index < -0.39 is 0 Å². The molecule has 1 unspecified atom stereocenters. The number of carbonyl (C=O) groups is 1. The summed E-state index contributed by atoms with van der Waals surface area (Å²) in [5.41, 5.74) is 0.696. The van der Waals surface area contributed by atoms with Crippen molar-refractivity contribution < 1.29 is 9.53 Å². The topological polar surface area (TPSA) is 26.3 Å². The molecule has 68 valence electrons. The first-order valence-corrected chi connectivity index (χ1v) is 5.02. The summed E-state index contributed by atoms with van der Waals surface area (Å²) in [7, 11) is 0. The number of fused-ring (bicyclic) bond motifs is 1. The first kappa shape index (κ1) is 8.75. The molecule has 2 nitrogen and oxygen atoms in total. The van der Waals surface area contributed by atoms with Crippen LogP contribution in [0.4, 0.5) is 0 Å². The third-order valence-corrected chi connectivity index (χ3v) is 2.63. The number of ketones is 1. The molecule has 1 atom stereocenters. The molecule has 0 amide bonds. The zero-order valence-corrected chi connectivity index (χ0v) is 8.80. The van der Waals surface area contributed by atoms with E-state index in [0.717, 1.165) is 10.9 Å². The van der Waals surface area contributed by atoms with Crippen LogP contribution in [0.5, 0.6) is 5.75 Å². The van der Waals surface area contributed by atoms with Gasteiger partial charge < -0.3 is 4.74 Å². The molecule has 0 bridgehead atoms. The Kier molecular flexibility index (Phi) is 2.12. The maximum atomic E-state index is 11.6. The van der Waals surface area contributed by atoms with Crippen molar-refractivity contribution in [3.05, 3.63) is 28.2 Å². The predicted octanol–water partition coefficient (Wildman–Crippen LogP) is 2.80. The average Bonchev–Trinajstić information content (AvgIpc) is 2.44. The molecule has 1 aliphatic rings. The first-order chi connectivity index (χ1) is 6.22. The van der Waals surface area contributed by atoms with Gasteiger partial charge >= 0.3 is 0 Å². The molecular weight excluding hydrogens is 232 g/mol. The minimum absolute atomic E-state index is 0.0961. The number of rotatable bonds is 1. The Morgan fingerprint density at radius 2 is 2.31 bits per heavy atom. The number of carbonyl (C=O) groups excluding carboxylic acids is 1. The second-order valence-electron chi connectivity index (χ2n) is 3.02. The van der Waals surface area contributed by atoms with Crippen LogP contribution >= 0.6 is 15.9 Å². The van der Waals surface area contributed by atoms with Crippen molar-refractivity contribution in [3.63, 3.8) is 0 Å². The van der Waals surface area contributed by atoms with E-state index in [0.29, 0.717) is 11.3 Å². The Labute approximate surface area is 85.0 Å². The van der Waals surface area contributed by atoms with E-state index in [1.807, 2.05) is 25.1 Å². The van der Waals surface area contributed by atoms with E-state index in [-0.39, 0.29) is 11.9 Å². The van der Waals surface area contributed by atoms with Crippen molar-refractivity contribution >= 4 is 21.7 Å². The van der Waals surface area contributed by atoms with Gasteiger partial charge in [-0.15, -0.1) is 0 Å². The average molecular weight is 241 g/mol. The van der Waals surface area contributed by atoms with Crippen molar-refractivity contribution in [1.29, 1.82) is 0 Å². The zero-order chi connectivity index (χ0) is 9.42. The van der Waals surface area contributed by atoms with E-state index in [9.17, 15) is 4.79 Å². The third-order valence-electron chi connectivity index (χ3n) is 2.14. The van der Waals surface area contributed by atoms with Crippen LogP contribution in [0.1, 0.15) is 23.7 Å². The summed E-state index contributed by atoms with van der Waals surface area (Å²) in [5, 5.41) is 0. The molecule has 1 aliphatic heterocycles. The van der Waals surface area contributed by atoms with E-state index in [4.69, 9.17) is 4.74 Å². The van der Waals surface area contributed by atoms with Crippen LogP contribution in [-0.2, 0) is 0 Å². The SMILES string of the molecule is CCC1Oc2ccc(Br)cc2C1=O. The fourth-order valence-electron chi connectivity index (χ4n) is 1.45. The number of hydrogen-bond donors (Lipinski definition) is 0. The highest BCUT2D eigenvalue weighted by atomic mass is 79.9. The smallest absolute Gasteiger partial charge is 0.207 e. The minimum atomic E-state index is -0.274. The number of halogens is 1. The summed E-state index contributed by atoms with van der Waals surface area (Å²) >= 11 is 3.33. The normalized spacial score (nSPS) is 19.8. The summed E-state index contributed by atoms with van der Waals surface area (Å²) in [4.78, 5) is 11.6. The Balaban J connectivity index is 2.45. The van der Waals surface area contributed by atoms with Gasteiger partial charge in [0, 0.05) is 4.47 Å². The molecular formula is C10H9BrO2. The van der Waals surface area contributed by atoms with Crippen LogP contribution in [0.3, 0.4) is 0 Å². The van der Waals surface area contributed by atoms with E-state index in [2.05, 4.69) is 15.9 Å². The monoisotopic (exact) mass is 240 g/mol. The number of ether oxygens (including phenoxy) is 1. The van der Waals surface area contributed by atoms with E-state index in [1.165, 1.54) is 0 Å². The predicted molar refractivity (Wildman–Crippen MR) is 53.2 cm³/mol. The molecule has 0 aliphatic carbocycles. The number of hydrogen-bond acceptors (Lipinski definition) is 2. The second-order valence-corrected chi connectivity index (χ2v) is 3.94. The van der Waals surface area contributed by atoms with E-state index >= 15 is 0 Å². The van der Waals surface area contributed by atoms with Gasteiger partial charge in [0.25, 0.3) is 0 Å². The molecule has 0 N–H and O–H groups in total. The summed E-state index contributed by atoms with van der Waals surface area (Å²) in [5.74, 6) is 0.804. The Morgan fingerprint density at radius 1 is 1.54 bits per heavy atom. The lowest BCUT2D eigenvalue weighted by molar-refractivity contribution is 0.0853. The van der Waals surface area contributed by atoms with Crippen LogP contribution in [0.15, 0.2) is 22.7 Å². The van der Waals surface area contributed by atoms with Crippen LogP contribution in [0.2, 0.25) is 0 Å². The van der Waals surface area contributed by atoms with Crippen molar-refractivity contribution in [2.75, 3.05) is 0 Å². The molecule has 1 aromatic rings. The van der Waals surface area contributed by atoms with Crippen LogP contribution in [0, 0.1) is 0 Å². The highest BCUT2D eigenvalue weighted by molar-refractivity contribution is 9.10. The van der Waals surface area contributed by atoms with Gasteiger partial charge in [-0.2, -0.15) is 0 Å². The number of Topliss-reactive ketones (excluding diaryl/α,β-unsaturated/α-hetero) is 1. The van der Waals surface area contributed by atoms with Crippen molar-refractivity contribution in [1.82, 2.24) is 0 Å². The molecule has 1 aromatic carbocycles. The molecule has 0 saturated heterocycles. The van der Waals surface area contributed by atoms with Gasteiger partial charge in [-0.3, -0.25) is 4.79 Å². The fraction of sp³-hybridized carbons (Fsp3) is 0.300. The molecule has 13 heavy (non-hydrogen) atoms. The lowest BCUT2D eigenvalue weighted by atomic mass is 10.1. The summed E-state index contributed by atoms with van der Waals surface area (Å²) in [6.45, 7) is 1.95. The Morgan fingerprint density at radius 3 is 3.00 bits per heavy atom. The maximum Gasteiger partial charge on any atom is 0.207 e. The Hall–Kier alpha value is -0.830. The second kappa shape index (κ2) is 3.14. The molecule has 0 spiro atoms. The molecule has 0 fully saturated rings. The molecule has 1 heterocycles. The highest BCUT2D eigenvalue weighted by Gasteiger charge is 2.30. The molecule has 0 aromatic heterocycles. The first-order valence-electron chi connectivity index (χ1n) is 4.22. The maximum absolute atomic E-state index is 11.6. The molecule has 0 radical (unpaired) electrons. The van der Waals surface area contributed by atoms with Crippen LogP contribution in [-0.4, -0.2) is 11.9 Å². The quantitative estimate of drug-likeness (QED) is 0.755. The standard InChI is InChI=1S/C10H9BrO2/c1-2-8-10(12)7-5-6(11)3-4-9(7)13-8/h3-5,8H,2H2,1H3. The van der Waals surface area contributed by atoms with Crippen molar-refractivity contribution in [2.24, 2.45) is 0 Å². The highest BCUT2D eigenvalue weighted by Crippen LogP contribution is 2.31. The summed E-state index contributed by atoms with van der Waals surface area (Å²) in [6, 6.07) is 5.52. The lowest BCUT2D eigenvalue weighted by Gasteiger charge is -2.03. The third kappa shape index (κ3) is 1.37. The summed E-state index contributed by atoms with van der Waals surface area (Å²) in [6.07, 6.45) is 0.454. The number of benzene rings is 1. The van der Waals surface area contributed by atoms with Gasteiger partial charge in [-0.25, -0.2) is 0 Å². The van der Waals surface area contributed by atoms with E-state index in [1.54, 1.807) is 0 Å². The fourth-order valence-corrected chi connectivity index (χ4v) is 1.81. The van der Waals surface area contributed by atoms with Gasteiger partial charge in [0.2, 0.25) is 5.78 Å². The molecule has 2 rings (SSSR count). The minimum Gasteiger partial charge on any atom is -0.482 e. The van der Waals surface area contributed by atoms with Crippen LogP contribution < -0.4 is 4.74 Å². The van der Waals surface area contributed by atoms with Gasteiger partial charge in [0.05, 0.1) is 5.56 Å². The Bertz CT molecular complexity index is 360. The van der Waals surface area contributed by atoms with Crippen molar-refractivity contribution in [3.8, 4) is 5.75 Å². The van der Waals surface area contributed by atoms with Gasteiger partial charge in [0.1, 0.15) is 5.75 Å². The molecule has 3 heteroatoms. The largest absolute Gasteiger partial charge is 0.482 e. The summed E-state index contributed by atoms with van der Waals surface area (Å²) < 4.78 is 6.37. The zero-order valence-electron chi connectivity index (χ0n) is 7.21. The van der Waals surface area contributed by atoms with Crippen LogP contribution in [0.25, 0.3) is 0 Å². The van der Waals surface area contributed by atoms with Gasteiger partial charge in [-0.05, 0) is 24.6 Å².